The molecular formula is C15H10O6. The average Bonchev–Trinajstić information content (AvgIpc) is 2.43. The zero-order chi connectivity index (χ0) is 15.3. The second-order valence-corrected chi connectivity index (χ2v) is 4.74. The van der Waals surface area contributed by atoms with E-state index in [4.69, 9.17) is 5.11 Å². The Bertz CT molecular complexity index is 806. The van der Waals surface area contributed by atoms with Crippen LogP contribution < -0.4 is 0 Å². The lowest BCUT2D eigenvalue weighted by atomic mass is 9.82. The van der Waals surface area contributed by atoms with Crippen molar-refractivity contribution in [2.75, 3.05) is 0 Å². The standard InChI is InChI=1S/C15H10O6/c16-5-6-1-8-12(10(18)2-6)15(21)9-3-7(17)4-11(19)13(9)14(8)20/h1-4,16-19H,5H2. The normalized spacial score (nSPS) is 13.0. The Kier molecular flexibility index (Phi) is 2.70. The zero-order valence-electron chi connectivity index (χ0n) is 10.6. The molecular weight excluding hydrogens is 276 g/mol. The van der Waals surface area contributed by atoms with Crippen molar-refractivity contribution < 1.29 is 30.0 Å². The molecule has 6 heteroatoms. The van der Waals surface area contributed by atoms with E-state index in [1.54, 1.807) is 0 Å². The molecule has 0 aliphatic heterocycles. The van der Waals surface area contributed by atoms with Crippen LogP contribution in [0.4, 0.5) is 0 Å². The number of benzene rings is 2. The van der Waals surface area contributed by atoms with Gasteiger partial charge in [0.15, 0.2) is 11.6 Å². The van der Waals surface area contributed by atoms with Crippen LogP contribution in [0.25, 0.3) is 0 Å². The Morgan fingerprint density at radius 3 is 1.86 bits per heavy atom. The number of aliphatic hydroxyl groups is 1. The van der Waals surface area contributed by atoms with Crippen LogP contribution in [-0.2, 0) is 6.61 Å². The Balaban J connectivity index is 2.36. The van der Waals surface area contributed by atoms with Crippen molar-refractivity contribution in [2.24, 2.45) is 0 Å². The Morgan fingerprint density at radius 1 is 0.762 bits per heavy atom. The van der Waals surface area contributed by atoms with Gasteiger partial charge in [0.25, 0.3) is 0 Å². The monoisotopic (exact) mass is 286 g/mol. The highest BCUT2D eigenvalue weighted by Crippen LogP contribution is 2.38. The zero-order valence-corrected chi connectivity index (χ0v) is 10.6. The van der Waals surface area contributed by atoms with Crippen LogP contribution >= 0.6 is 0 Å². The molecule has 21 heavy (non-hydrogen) atoms. The molecule has 2 aromatic rings. The SMILES string of the molecule is O=C1c2cc(CO)cc(O)c2C(=O)c2cc(O)cc(O)c21. The lowest BCUT2D eigenvalue weighted by Gasteiger charge is -2.20. The lowest BCUT2D eigenvalue weighted by molar-refractivity contribution is 0.0973. The van der Waals surface area contributed by atoms with Gasteiger partial charge in [-0.2, -0.15) is 0 Å². The summed E-state index contributed by atoms with van der Waals surface area (Å²) >= 11 is 0. The minimum atomic E-state index is -0.673. The fourth-order valence-electron chi connectivity index (χ4n) is 2.49. The number of aromatic hydroxyl groups is 3. The number of rotatable bonds is 1. The molecule has 0 amide bonds. The molecule has 4 N–H and O–H groups in total. The molecule has 0 aromatic heterocycles. The van der Waals surface area contributed by atoms with Crippen molar-refractivity contribution in [1.82, 2.24) is 0 Å². The third-order valence-electron chi connectivity index (χ3n) is 3.41. The minimum Gasteiger partial charge on any atom is -0.508 e. The van der Waals surface area contributed by atoms with Crippen molar-refractivity contribution in [3.8, 4) is 17.2 Å². The van der Waals surface area contributed by atoms with Gasteiger partial charge in [-0.15, -0.1) is 0 Å². The van der Waals surface area contributed by atoms with Gasteiger partial charge in [-0.3, -0.25) is 9.59 Å². The number of hydrogen-bond acceptors (Lipinski definition) is 6. The average molecular weight is 286 g/mol. The molecule has 0 bridgehead atoms. The topological polar surface area (TPSA) is 115 Å². The molecule has 6 nitrogen and oxygen atoms in total. The molecule has 0 saturated heterocycles. The fourth-order valence-corrected chi connectivity index (χ4v) is 2.49. The quantitative estimate of drug-likeness (QED) is 0.532. The number of carbonyl (C=O) groups excluding carboxylic acids is 2. The van der Waals surface area contributed by atoms with Crippen molar-refractivity contribution in [2.45, 2.75) is 6.61 Å². The van der Waals surface area contributed by atoms with Crippen molar-refractivity contribution >= 4 is 11.6 Å². The van der Waals surface area contributed by atoms with Crippen molar-refractivity contribution in [3.63, 3.8) is 0 Å². The van der Waals surface area contributed by atoms with Gasteiger partial charge >= 0.3 is 0 Å². The van der Waals surface area contributed by atoms with Crippen LogP contribution in [0.5, 0.6) is 17.2 Å². The Labute approximate surface area is 118 Å². The molecule has 0 fully saturated rings. The number of hydrogen-bond donors (Lipinski definition) is 4. The van der Waals surface area contributed by atoms with Crippen LogP contribution in [0.3, 0.4) is 0 Å². The molecule has 1 aliphatic carbocycles. The van der Waals surface area contributed by atoms with Gasteiger partial charge < -0.3 is 20.4 Å². The predicted octanol–water partition coefficient (Wildman–Crippen LogP) is 1.07. The summed E-state index contributed by atoms with van der Waals surface area (Å²) in [7, 11) is 0. The Morgan fingerprint density at radius 2 is 1.29 bits per heavy atom. The summed E-state index contributed by atoms with van der Waals surface area (Å²) < 4.78 is 0. The van der Waals surface area contributed by atoms with Gasteiger partial charge in [-0.25, -0.2) is 0 Å². The number of fused-ring (bicyclic) bond motifs is 2. The minimum absolute atomic E-state index is 0.0856. The highest BCUT2D eigenvalue weighted by atomic mass is 16.3. The second kappa shape index (κ2) is 4.32. The molecule has 106 valence electrons. The van der Waals surface area contributed by atoms with Gasteiger partial charge in [0, 0.05) is 17.2 Å². The molecule has 3 rings (SSSR count). The maximum atomic E-state index is 12.4. The van der Waals surface area contributed by atoms with Gasteiger partial charge in [0.2, 0.25) is 0 Å². The first kappa shape index (κ1) is 13.1. The van der Waals surface area contributed by atoms with E-state index in [9.17, 15) is 24.9 Å². The van der Waals surface area contributed by atoms with Gasteiger partial charge in [-0.05, 0) is 23.8 Å². The van der Waals surface area contributed by atoms with E-state index < -0.39 is 29.7 Å². The highest BCUT2D eigenvalue weighted by molar-refractivity contribution is 6.30. The predicted molar refractivity (Wildman–Crippen MR) is 70.7 cm³/mol. The first-order valence-corrected chi connectivity index (χ1v) is 6.06. The van der Waals surface area contributed by atoms with Crippen molar-refractivity contribution in [1.29, 1.82) is 0 Å². The number of phenols is 3. The molecule has 0 unspecified atom stereocenters. The highest BCUT2D eigenvalue weighted by Gasteiger charge is 2.35. The van der Waals surface area contributed by atoms with Gasteiger partial charge in [0.05, 0.1) is 17.7 Å². The maximum Gasteiger partial charge on any atom is 0.198 e. The van der Waals surface area contributed by atoms with E-state index in [-0.39, 0.29) is 33.6 Å². The van der Waals surface area contributed by atoms with E-state index in [2.05, 4.69) is 0 Å². The summed E-state index contributed by atoms with van der Waals surface area (Å²) in [4.78, 5) is 24.8. The summed E-state index contributed by atoms with van der Waals surface area (Å²) in [5, 5.41) is 38.3. The fraction of sp³-hybridized carbons (Fsp3) is 0.0667. The van der Waals surface area contributed by atoms with Gasteiger partial charge in [-0.1, -0.05) is 0 Å². The van der Waals surface area contributed by atoms with E-state index in [1.165, 1.54) is 12.1 Å². The van der Waals surface area contributed by atoms with Crippen LogP contribution in [0.15, 0.2) is 24.3 Å². The molecule has 0 saturated carbocycles. The number of ketones is 2. The van der Waals surface area contributed by atoms with E-state index in [1.807, 2.05) is 0 Å². The van der Waals surface area contributed by atoms with Crippen LogP contribution in [0.2, 0.25) is 0 Å². The molecule has 1 aliphatic rings. The number of aliphatic hydroxyl groups excluding tert-OH is 1. The molecule has 2 aromatic carbocycles. The van der Waals surface area contributed by atoms with Crippen LogP contribution in [0.1, 0.15) is 37.4 Å². The number of carbonyl (C=O) groups is 2. The smallest absolute Gasteiger partial charge is 0.198 e. The third-order valence-corrected chi connectivity index (χ3v) is 3.41. The summed E-state index contributed by atoms with van der Waals surface area (Å²) in [6, 6.07) is 4.52. The van der Waals surface area contributed by atoms with Crippen LogP contribution in [-0.4, -0.2) is 32.0 Å². The summed E-state index contributed by atoms with van der Waals surface area (Å²) in [6.07, 6.45) is 0. The number of phenolic OH excluding ortho intramolecular Hbond substituents is 3. The van der Waals surface area contributed by atoms with Crippen molar-refractivity contribution in [3.05, 3.63) is 52.1 Å². The van der Waals surface area contributed by atoms with E-state index >= 15 is 0 Å². The van der Waals surface area contributed by atoms with E-state index in [0.717, 1.165) is 12.1 Å². The molecule has 0 atom stereocenters. The second-order valence-electron chi connectivity index (χ2n) is 4.74. The first-order valence-electron chi connectivity index (χ1n) is 6.06. The third kappa shape index (κ3) is 1.77. The van der Waals surface area contributed by atoms with E-state index in [0.29, 0.717) is 0 Å². The van der Waals surface area contributed by atoms with Crippen LogP contribution in [0, 0.1) is 0 Å². The summed E-state index contributed by atoms with van der Waals surface area (Å²) in [5.74, 6) is -2.62. The largest absolute Gasteiger partial charge is 0.508 e. The summed E-state index contributed by atoms with van der Waals surface area (Å²) in [5.41, 5.74) is -0.404. The maximum absolute atomic E-state index is 12.4. The summed E-state index contributed by atoms with van der Waals surface area (Å²) in [6.45, 7) is -0.406. The molecule has 0 spiro atoms. The molecule has 0 radical (unpaired) electrons. The van der Waals surface area contributed by atoms with Gasteiger partial charge in [0.1, 0.15) is 17.2 Å². The molecule has 0 heterocycles. The first-order chi connectivity index (χ1) is 9.93. The Hall–Kier alpha value is -2.86. The lowest BCUT2D eigenvalue weighted by Crippen LogP contribution is -2.21.